The Balaban J connectivity index is 3.15. The second-order valence-electron chi connectivity index (χ2n) is 3.16. The third-order valence-corrected chi connectivity index (χ3v) is 2.10. The van der Waals surface area contributed by atoms with E-state index < -0.39 is 5.82 Å². The van der Waals surface area contributed by atoms with E-state index in [0.717, 1.165) is 6.07 Å². The van der Waals surface area contributed by atoms with Crippen molar-refractivity contribution in [1.29, 1.82) is 5.26 Å². The molecule has 0 bridgehead atoms. The summed E-state index contributed by atoms with van der Waals surface area (Å²) in [6, 6.07) is 5.92. The van der Waals surface area contributed by atoms with Crippen molar-refractivity contribution in [2.75, 3.05) is 7.05 Å². The Morgan fingerprint density at radius 2 is 2.19 bits per heavy atom. The summed E-state index contributed by atoms with van der Waals surface area (Å²) in [6.45, 7) is 1.57. The summed E-state index contributed by atoms with van der Waals surface area (Å²) in [6.07, 6.45) is 0. The first-order chi connectivity index (χ1) is 7.60. The number of halogens is 1. The molecule has 0 unspecified atom stereocenters. The highest BCUT2D eigenvalue weighted by Gasteiger charge is 2.09. The fraction of sp³-hybridized carbons (Fsp3) is 0.182. The van der Waals surface area contributed by atoms with Gasteiger partial charge in [0.05, 0.1) is 11.6 Å². The Kier molecular flexibility index (Phi) is 3.86. The van der Waals surface area contributed by atoms with E-state index in [9.17, 15) is 9.50 Å². The predicted octanol–water partition coefficient (Wildman–Crippen LogP) is 1.67. The number of aliphatic hydroxyl groups excluding tert-OH is 1. The molecule has 0 atom stereocenters. The molecular formula is C11H12FN3O. The first-order valence-electron chi connectivity index (χ1n) is 4.62. The Morgan fingerprint density at radius 1 is 1.50 bits per heavy atom. The van der Waals surface area contributed by atoms with E-state index in [0.29, 0.717) is 5.57 Å². The third-order valence-electron chi connectivity index (χ3n) is 2.10. The molecule has 1 rings (SSSR count). The second kappa shape index (κ2) is 5.14. The fourth-order valence-electron chi connectivity index (χ4n) is 1.23. The molecule has 4 nitrogen and oxygen atoms in total. The zero-order chi connectivity index (χ0) is 12.1. The molecule has 0 aliphatic rings. The van der Waals surface area contributed by atoms with Crippen LogP contribution in [0.2, 0.25) is 0 Å². The van der Waals surface area contributed by atoms with Gasteiger partial charge in [0, 0.05) is 18.2 Å². The summed E-state index contributed by atoms with van der Waals surface area (Å²) in [5, 5.41) is 18.1. The number of nitrogens with zero attached hydrogens (tertiary/aromatic N) is 1. The van der Waals surface area contributed by atoms with Gasteiger partial charge in [0.1, 0.15) is 5.82 Å². The van der Waals surface area contributed by atoms with E-state index in [4.69, 9.17) is 5.26 Å². The molecule has 0 spiro atoms. The van der Waals surface area contributed by atoms with Crippen molar-refractivity contribution in [2.45, 2.75) is 6.92 Å². The highest BCUT2D eigenvalue weighted by molar-refractivity contribution is 5.66. The summed E-state index contributed by atoms with van der Waals surface area (Å²) < 4.78 is 13.5. The molecule has 0 saturated carbocycles. The number of rotatable bonds is 3. The molecule has 0 amide bonds. The van der Waals surface area contributed by atoms with Crippen LogP contribution in [0.1, 0.15) is 18.1 Å². The minimum absolute atomic E-state index is 0.161. The molecular weight excluding hydrogens is 209 g/mol. The number of hydrazine groups is 1. The van der Waals surface area contributed by atoms with Crippen LogP contribution in [0.5, 0.6) is 0 Å². The van der Waals surface area contributed by atoms with Crippen LogP contribution >= 0.6 is 0 Å². The molecule has 84 valence electrons. The molecule has 1 aromatic carbocycles. The Bertz CT molecular complexity index is 463. The first kappa shape index (κ1) is 12.0. The Morgan fingerprint density at radius 3 is 2.69 bits per heavy atom. The molecule has 0 saturated heterocycles. The van der Waals surface area contributed by atoms with Crippen LogP contribution in [-0.4, -0.2) is 12.2 Å². The number of hydrogen-bond acceptors (Lipinski definition) is 4. The van der Waals surface area contributed by atoms with Gasteiger partial charge in [-0.25, -0.2) is 9.82 Å². The number of hydrogen-bond donors (Lipinski definition) is 3. The van der Waals surface area contributed by atoms with Gasteiger partial charge in [0.2, 0.25) is 5.88 Å². The van der Waals surface area contributed by atoms with Crippen LogP contribution in [0.25, 0.3) is 5.57 Å². The largest absolute Gasteiger partial charge is 0.494 e. The maximum atomic E-state index is 13.5. The van der Waals surface area contributed by atoms with Crippen LogP contribution in [-0.2, 0) is 0 Å². The second-order valence-corrected chi connectivity index (χ2v) is 3.16. The van der Waals surface area contributed by atoms with Crippen molar-refractivity contribution in [3.05, 3.63) is 41.0 Å². The lowest BCUT2D eigenvalue weighted by molar-refractivity contribution is 0.349. The van der Waals surface area contributed by atoms with Crippen molar-refractivity contribution >= 4 is 5.57 Å². The maximum Gasteiger partial charge on any atom is 0.202 e. The average Bonchev–Trinajstić information content (AvgIpc) is 2.28. The van der Waals surface area contributed by atoms with Crippen molar-refractivity contribution in [1.82, 2.24) is 10.9 Å². The number of nitriles is 1. The van der Waals surface area contributed by atoms with E-state index >= 15 is 0 Å². The summed E-state index contributed by atoms with van der Waals surface area (Å²) in [5.41, 5.74) is 5.83. The van der Waals surface area contributed by atoms with Gasteiger partial charge < -0.3 is 5.11 Å². The summed E-state index contributed by atoms with van der Waals surface area (Å²) in [5.74, 6) is -0.702. The SMILES string of the molecule is CNN/C(O)=C(\C)c1ccc(C#N)cc1F. The third kappa shape index (κ3) is 2.49. The van der Waals surface area contributed by atoms with Crippen LogP contribution in [0, 0.1) is 17.1 Å². The molecule has 0 aromatic heterocycles. The quantitative estimate of drug-likeness (QED) is 0.536. The Hall–Kier alpha value is -2.06. The smallest absolute Gasteiger partial charge is 0.202 e. The standard InChI is InChI=1S/C11H12FN3O/c1-7(11(16)15-14-2)9-4-3-8(6-13)5-10(9)12/h3-5,14-16H,1-2H3/b11-7-. The maximum absolute atomic E-state index is 13.5. The van der Waals surface area contributed by atoms with Crippen molar-refractivity contribution in [3.8, 4) is 6.07 Å². The van der Waals surface area contributed by atoms with Crippen LogP contribution in [0.3, 0.4) is 0 Å². The van der Waals surface area contributed by atoms with Crippen molar-refractivity contribution < 1.29 is 9.50 Å². The van der Waals surface area contributed by atoms with Gasteiger partial charge in [-0.2, -0.15) is 5.26 Å². The van der Waals surface area contributed by atoms with Crippen molar-refractivity contribution in [2.24, 2.45) is 0 Å². The van der Waals surface area contributed by atoms with Gasteiger partial charge in [-0.1, -0.05) is 6.07 Å². The molecule has 0 aliphatic heterocycles. The van der Waals surface area contributed by atoms with Gasteiger partial charge in [-0.05, 0) is 19.1 Å². The summed E-state index contributed by atoms with van der Waals surface area (Å²) in [4.78, 5) is 0. The van der Waals surface area contributed by atoms with Crippen molar-refractivity contribution in [3.63, 3.8) is 0 Å². The molecule has 5 heteroatoms. The molecule has 0 heterocycles. The van der Waals surface area contributed by atoms with E-state index in [2.05, 4.69) is 10.9 Å². The number of aliphatic hydroxyl groups is 1. The molecule has 0 radical (unpaired) electrons. The fourth-order valence-corrected chi connectivity index (χ4v) is 1.23. The molecule has 3 N–H and O–H groups in total. The molecule has 16 heavy (non-hydrogen) atoms. The average molecular weight is 221 g/mol. The predicted molar refractivity (Wildman–Crippen MR) is 58.5 cm³/mol. The number of benzene rings is 1. The number of nitrogens with one attached hydrogen (secondary N) is 2. The van der Waals surface area contributed by atoms with Gasteiger partial charge in [-0.3, -0.25) is 5.43 Å². The van der Waals surface area contributed by atoms with Crippen LogP contribution < -0.4 is 10.9 Å². The first-order valence-corrected chi connectivity index (χ1v) is 4.62. The lowest BCUT2D eigenvalue weighted by atomic mass is 10.1. The van der Waals surface area contributed by atoms with Gasteiger partial charge in [0.25, 0.3) is 0 Å². The molecule has 0 fully saturated rings. The highest BCUT2D eigenvalue weighted by atomic mass is 19.1. The highest BCUT2D eigenvalue weighted by Crippen LogP contribution is 2.20. The van der Waals surface area contributed by atoms with Crippen LogP contribution in [0.15, 0.2) is 24.1 Å². The minimum Gasteiger partial charge on any atom is -0.494 e. The monoisotopic (exact) mass is 221 g/mol. The zero-order valence-corrected chi connectivity index (χ0v) is 9.00. The van der Waals surface area contributed by atoms with Gasteiger partial charge in [0.15, 0.2) is 0 Å². The normalized spacial score (nSPS) is 11.6. The lowest BCUT2D eigenvalue weighted by Crippen LogP contribution is -2.27. The van der Waals surface area contributed by atoms with E-state index in [1.54, 1.807) is 14.0 Å². The summed E-state index contributed by atoms with van der Waals surface area (Å²) in [7, 11) is 1.58. The minimum atomic E-state index is -0.541. The zero-order valence-electron chi connectivity index (χ0n) is 9.00. The van der Waals surface area contributed by atoms with E-state index in [-0.39, 0.29) is 17.0 Å². The van der Waals surface area contributed by atoms with Gasteiger partial charge >= 0.3 is 0 Å². The molecule has 0 aliphatic carbocycles. The summed E-state index contributed by atoms with van der Waals surface area (Å²) >= 11 is 0. The van der Waals surface area contributed by atoms with Crippen LogP contribution in [0.4, 0.5) is 4.39 Å². The lowest BCUT2D eigenvalue weighted by Gasteiger charge is -2.08. The Labute approximate surface area is 93.0 Å². The number of allylic oxidation sites excluding steroid dienone is 1. The van der Waals surface area contributed by atoms with E-state index in [1.807, 2.05) is 6.07 Å². The van der Waals surface area contributed by atoms with E-state index in [1.165, 1.54) is 12.1 Å². The topological polar surface area (TPSA) is 68.1 Å². The molecule has 1 aromatic rings. The van der Waals surface area contributed by atoms with Gasteiger partial charge in [-0.15, -0.1) is 0 Å².